The summed E-state index contributed by atoms with van der Waals surface area (Å²) in [5, 5.41) is 10.7. The SMILES string of the molecule is COc1ccc([C@@H](CNC(=O)c2cn[nH]c2-c2ccc(Cl)cc2)N2CCOCC2)cc1OC. The lowest BCUT2D eigenvalue weighted by Crippen LogP contribution is -2.43. The Morgan fingerprint density at radius 1 is 1.15 bits per heavy atom. The number of aromatic nitrogens is 2. The molecule has 174 valence electrons. The molecule has 1 saturated heterocycles. The fourth-order valence-electron chi connectivity index (χ4n) is 3.99. The first kappa shape index (κ1) is 23.1. The van der Waals surface area contributed by atoms with Gasteiger partial charge in [-0.3, -0.25) is 14.8 Å². The number of hydrogen-bond acceptors (Lipinski definition) is 6. The lowest BCUT2D eigenvalue weighted by molar-refractivity contribution is 0.0162. The van der Waals surface area contributed by atoms with Crippen molar-refractivity contribution in [2.24, 2.45) is 0 Å². The number of morpholine rings is 1. The number of carbonyl (C=O) groups excluding carboxylic acids is 1. The molecule has 0 unspecified atom stereocenters. The first-order valence-electron chi connectivity index (χ1n) is 10.7. The second-order valence-electron chi connectivity index (χ2n) is 7.65. The number of benzene rings is 2. The number of nitrogens with zero attached hydrogens (tertiary/aromatic N) is 2. The van der Waals surface area contributed by atoms with Crippen LogP contribution in [0.2, 0.25) is 5.02 Å². The first-order chi connectivity index (χ1) is 16.1. The van der Waals surface area contributed by atoms with E-state index in [9.17, 15) is 4.79 Å². The quantitative estimate of drug-likeness (QED) is 0.523. The molecule has 2 aromatic carbocycles. The van der Waals surface area contributed by atoms with Crippen LogP contribution in [0, 0.1) is 0 Å². The molecule has 0 bridgehead atoms. The zero-order chi connectivity index (χ0) is 23.2. The molecule has 1 aromatic heterocycles. The molecular formula is C24H27ClN4O4. The van der Waals surface area contributed by atoms with E-state index in [1.807, 2.05) is 30.3 Å². The van der Waals surface area contributed by atoms with Gasteiger partial charge in [0.15, 0.2) is 11.5 Å². The van der Waals surface area contributed by atoms with E-state index >= 15 is 0 Å². The van der Waals surface area contributed by atoms with Gasteiger partial charge in [0.1, 0.15) is 0 Å². The molecular weight excluding hydrogens is 444 g/mol. The molecule has 2 heterocycles. The molecule has 2 N–H and O–H groups in total. The highest BCUT2D eigenvalue weighted by atomic mass is 35.5. The number of aromatic amines is 1. The van der Waals surface area contributed by atoms with Crippen LogP contribution in [-0.2, 0) is 4.74 Å². The fraction of sp³-hybridized carbons (Fsp3) is 0.333. The number of methoxy groups -OCH3 is 2. The summed E-state index contributed by atoms with van der Waals surface area (Å²) in [6.07, 6.45) is 1.54. The molecule has 1 aliphatic heterocycles. The van der Waals surface area contributed by atoms with Crippen LogP contribution in [0.3, 0.4) is 0 Å². The minimum atomic E-state index is -0.201. The molecule has 1 atom stereocenters. The van der Waals surface area contributed by atoms with Gasteiger partial charge in [0.2, 0.25) is 0 Å². The average Bonchev–Trinajstić information content (AvgIpc) is 3.35. The number of nitrogens with one attached hydrogen (secondary N) is 2. The zero-order valence-corrected chi connectivity index (χ0v) is 19.4. The van der Waals surface area contributed by atoms with Crippen molar-refractivity contribution < 1.29 is 19.0 Å². The minimum Gasteiger partial charge on any atom is -0.493 e. The number of halogens is 1. The molecule has 0 spiro atoms. The van der Waals surface area contributed by atoms with Crippen LogP contribution in [0.15, 0.2) is 48.7 Å². The fourth-order valence-corrected chi connectivity index (χ4v) is 4.11. The van der Waals surface area contributed by atoms with Crippen molar-refractivity contribution in [2.75, 3.05) is 47.1 Å². The Morgan fingerprint density at radius 3 is 2.58 bits per heavy atom. The van der Waals surface area contributed by atoms with Gasteiger partial charge in [-0.2, -0.15) is 5.10 Å². The molecule has 9 heteroatoms. The number of carbonyl (C=O) groups is 1. The van der Waals surface area contributed by atoms with Gasteiger partial charge in [0.05, 0.1) is 50.9 Å². The molecule has 1 fully saturated rings. The zero-order valence-electron chi connectivity index (χ0n) is 18.6. The van der Waals surface area contributed by atoms with Crippen molar-refractivity contribution in [3.8, 4) is 22.8 Å². The largest absolute Gasteiger partial charge is 0.493 e. The monoisotopic (exact) mass is 470 g/mol. The maximum absolute atomic E-state index is 13.1. The standard InChI is InChI=1S/C24H27ClN4O4/c1-31-21-8-5-17(13-22(21)32-2)20(29-9-11-33-12-10-29)15-26-24(30)19-14-27-28-23(19)16-3-6-18(25)7-4-16/h3-8,13-14,20H,9-12,15H2,1-2H3,(H,26,30)(H,27,28)/t20-/m1/s1. The summed E-state index contributed by atoms with van der Waals surface area (Å²) in [7, 11) is 3.23. The van der Waals surface area contributed by atoms with E-state index in [0.29, 0.717) is 47.5 Å². The van der Waals surface area contributed by atoms with Crippen molar-refractivity contribution in [3.63, 3.8) is 0 Å². The average molecular weight is 471 g/mol. The van der Waals surface area contributed by atoms with Gasteiger partial charge >= 0.3 is 0 Å². The Bertz CT molecular complexity index is 1080. The van der Waals surface area contributed by atoms with E-state index in [1.165, 1.54) is 0 Å². The van der Waals surface area contributed by atoms with Crippen LogP contribution in [0.1, 0.15) is 22.0 Å². The van der Waals surface area contributed by atoms with Crippen LogP contribution < -0.4 is 14.8 Å². The van der Waals surface area contributed by atoms with Gasteiger partial charge in [0, 0.05) is 30.2 Å². The Labute approximate surface area is 197 Å². The highest BCUT2D eigenvalue weighted by molar-refractivity contribution is 6.30. The number of H-pyrrole nitrogens is 1. The number of rotatable bonds is 8. The van der Waals surface area contributed by atoms with E-state index in [4.69, 9.17) is 25.8 Å². The number of amides is 1. The molecule has 4 rings (SSSR count). The normalized spacial score (nSPS) is 15.1. The minimum absolute atomic E-state index is 0.0523. The van der Waals surface area contributed by atoms with Gasteiger partial charge in [-0.05, 0) is 29.8 Å². The van der Waals surface area contributed by atoms with E-state index in [-0.39, 0.29) is 11.9 Å². The van der Waals surface area contributed by atoms with Gasteiger partial charge in [-0.15, -0.1) is 0 Å². The lowest BCUT2D eigenvalue weighted by atomic mass is 10.0. The molecule has 0 aliphatic carbocycles. The smallest absolute Gasteiger partial charge is 0.255 e. The molecule has 1 amide bonds. The summed E-state index contributed by atoms with van der Waals surface area (Å²) < 4.78 is 16.4. The van der Waals surface area contributed by atoms with Crippen LogP contribution in [0.5, 0.6) is 11.5 Å². The predicted octanol–water partition coefficient (Wildman–Crippen LogP) is 3.55. The van der Waals surface area contributed by atoms with Gasteiger partial charge in [0.25, 0.3) is 5.91 Å². The van der Waals surface area contributed by atoms with E-state index in [0.717, 1.165) is 24.2 Å². The third kappa shape index (κ3) is 5.30. The highest BCUT2D eigenvalue weighted by Gasteiger charge is 2.25. The Hall–Kier alpha value is -3.07. The summed E-state index contributed by atoms with van der Waals surface area (Å²) in [6.45, 7) is 3.27. The molecule has 0 saturated carbocycles. The molecule has 33 heavy (non-hydrogen) atoms. The van der Waals surface area contributed by atoms with Crippen molar-refractivity contribution in [1.29, 1.82) is 0 Å². The third-order valence-corrected chi connectivity index (χ3v) is 6.00. The lowest BCUT2D eigenvalue weighted by Gasteiger charge is -2.35. The second-order valence-corrected chi connectivity index (χ2v) is 8.09. The summed E-state index contributed by atoms with van der Waals surface area (Å²) in [4.78, 5) is 15.4. The van der Waals surface area contributed by atoms with Crippen LogP contribution in [0.25, 0.3) is 11.3 Å². The molecule has 3 aromatic rings. The Morgan fingerprint density at radius 2 is 1.88 bits per heavy atom. The molecule has 0 radical (unpaired) electrons. The molecule has 1 aliphatic rings. The van der Waals surface area contributed by atoms with Crippen molar-refractivity contribution in [2.45, 2.75) is 6.04 Å². The van der Waals surface area contributed by atoms with Crippen LogP contribution in [-0.4, -0.2) is 68.1 Å². The number of hydrogen-bond donors (Lipinski definition) is 2. The maximum atomic E-state index is 13.1. The van der Waals surface area contributed by atoms with E-state index < -0.39 is 0 Å². The number of ether oxygens (including phenoxy) is 3. The van der Waals surface area contributed by atoms with E-state index in [2.05, 4.69) is 20.4 Å². The van der Waals surface area contributed by atoms with Crippen LogP contribution >= 0.6 is 11.6 Å². The van der Waals surface area contributed by atoms with Crippen molar-refractivity contribution >= 4 is 17.5 Å². The summed E-state index contributed by atoms with van der Waals surface area (Å²) in [5.74, 6) is 1.11. The highest BCUT2D eigenvalue weighted by Crippen LogP contribution is 2.32. The third-order valence-electron chi connectivity index (χ3n) is 5.75. The summed E-state index contributed by atoms with van der Waals surface area (Å²) in [5.41, 5.74) is 3.00. The maximum Gasteiger partial charge on any atom is 0.255 e. The predicted molar refractivity (Wildman–Crippen MR) is 126 cm³/mol. The molecule has 8 nitrogen and oxygen atoms in total. The van der Waals surface area contributed by atoms with Crippen molar-refractivity contribution in [3.05, 3.63) is 64.8 Å². The Kier molecular flexibility index (Phi) is 7.49. The topological polar surface area (TPSA) is 88.7 Å². The first-order valence-corrected chi connectivity index (χ1v) is 11.1. The van der Waals surface area contributed by atoms with Gasteiger partial charge in [-0.25, -0.2) is 0 Å². The van der Waals surface area contributed by atoms with E-state index in [1.54, 1.807) is 32.5 Å². The van der Waals surface area contributed by atoms with Crippen molar-refractivity contribution in [1.82, 2.24) is 20.4 Å². The Balaban J connectivity index is 1.55. The van der Waals surface area contributed by atoms with Crippen LogP contribution in [0.4, 0.5) is 0 Å². The summed E-state index contributed by atoms with van der Waals surface area (Å²) >= 11 is 6.00. The van der Waals surface area contributed by atoms with Gasteiger partial charge < -0.3 is 19.5 Å². The second kappa shape index (κ2) is 10.7. The van der Waals surface area contributed by atoms with Gasteiger partial charge in [-0.1, -0.05) is 29.8 Å². The summed E-state index contributed by atoms with van der Waals surface area (Å²) in [6, 6.07) is 13.1.